The number of carbonyl (C=O) groups excluding carboxylic acids is 1. The maximum absolute atomic E-state index is 11.0. The molecule has 35 heavy (non-hydrogen) atoms. The van der Waals surface area contributed by atoms with Gasteiger partial charge in [-0.25, -0.2) is 0 Å². The predicted molar refractivity (Wildman–Crippen MR) is 152 cm³/mol. The number of allylic oxidation sites excluding steroid dienone is 5. The van der Waals surface area contributed by atoms with Crippen LogP contribution in [-0.4, -0.2) is 34.9 Å². The van der Waals surface area contributed by atoms with Gasteiger partial charge in [0.25, 0.3) is 0 Å². The molecule has 0 aromatic heterocycles. The van der Waals surface area contributed by atoms with E-state index in [0.717, 1.165) is 25.7 Å². The zero-order chi connectivity index (χ0) is 25.8. The molecule has 0 aromatic carbocycles. The highest BCUT2D eigenvalue weighted by molar-refractivity contribution is 5.73. The quantitative estimate of drug-likeness (QED) is 0.0896. The minimum atomic E-state index is -0.863. The summed E-state index contributed by atoms with van der Waals surface area (Å²) in [5.74, 6) is -0.256. The number of unbranched alkanes of at least 4 members (excludes halogenated alkanes) is 16. The number of aliphatic hydroxyl groups excluding tert-OH is 2. The molecule has 0 saturated carbocycles. The van der Waals surface area contributed by atoms with Crippen LogP contribution in [0.1, 0.15) is 136 Å². The normalized spacial score (nSPS) is 13.8. The Morgan fingerprint density at radius 3 is 1.49 bits per heavy atom. The van der Waals surface area contributed by atoms with E-state index in [1.54, 1.807) is 6.08 Å². The third-order valence-electron chi connectivity index (χ3n) is 6.39. The minimum Gasteiger partial charge on any atom is -0.394 e. The van der Waals surface area contributed by atoms with Crippen LogP contribution in [0.15, 0.2) is 36.5 Å². The molecule has 0 saturated heterocycles. The minimum absolute atomic E-state index is 0.256. The average Bonchev–Trinajstić information content (AvgIpc) is 2.84. The van der Waals surface area contributed by atoms with Crippen molar-refractivity contribution in [3.63, 3.8) is 0 Å². The van der Waals surface area contributed by atoms with E-state index in [2.05, 4.69) is 36.5 Å². The summed E-state index contributed by atoms with van der Waals surface area (Å²) in [6.07, 6.45) is 36.6. The van der Waals surface area contributed by atoms with Crippen molar-refractivity contribution in [2.45, 2.75) is 148 Å². The second kappa shape index (κ2) is 27.2. The van der Waals surface area contributed by atoms with E-state index < -0.39 is 12.1 Å². The van der Waals surface area contributed by atoms with Gasteiger partial charge in [-0.1, -0.05) is 127 Å². The fourth-order valence-electron chi connectivity index (χ4n) is 4.18. The summed E-state index contributed by atoms with van der Waals surface area (Å²) in [7, 11) is 0. The summed E-state index contributed by atoms with van der Waals surface area (Å²) in [6.45, 7) is 3.38. The number of rotatable bonds is 25. The van der Waals surface area contributed by atoms with E-state index in [4.69, 9.17) is 0 Å². The van der Waals surface area contributed by atoms with Crippen molar-refractivity contribution in [2.24, 2.45) is 0 Å². The molecule has 0 bridgehead atoms. The van der Waals surface area contributed by atoms with Crippen molar-refractivity contribution < 1.29 is 15.0 Å². The third-order valence-corrected chi connectivity index (χ3v) is 6.39. The van der Waals surface area contributed by atoms with E-state index in [9.17, 15) is 15.0 Å². The van der Waals surface area contributed by atoms with Gasteiger partial charge >= 0.3 is 0 Å². The first-order valence-corrected chi connectivity index (χ1v) is 14.6. The van der Waals surface area contributed by atoms with Crippen molar-refractivity contribution in [2.75, 3.05) is 6.61 Å². The van der Waals surface area contributed by atoms with E-state index in [1.165, 1.54) is 103 Å². The third kappa shape index (κ3) is 25.5. The van der Waals surface area contributed by atoms with Gasteiger partial charge in [0.1, 0.15) is 0 Å². The molecule has 0 aliphatic rings. The summed E-state index contributed by atoms with van der Waals surface area (Å²) in [5, 5.41) is 21.7. The lowest BCUT2D eigenvalue weighted by Crippen LogP contribution is -2.44. The number of amides is 1. The first-order chi connectivity index (χ1) is 17.1. The number of carbonyl (C=O) groups is 1. The molecule has 0 fully saturated rings. The molecule has 2 unspecified atom stereocenters. The van der Waals surface area contributed by atoms with Gasteiger partial charge in [0.15, 0.2) is 0 Å². The molecule has 0 radical (unpaired) electrons. The zero-order valence-electron chi connectivity index (χ0n) is 23.1. The Balaban J connectivity index is 3.42. The fraction of sp³-hybridized carbons (Fsp3) is 0.774. The Bertz CT molecular complexity index is 541. The summed E-state index contributed by atoms with van der Waals surface area (Å²) in [6, 6.07) is -0.643. The van der Waals surface area contributed by atoms with Crippen LogP contribution in [0.3, 0.4) is 0 Å². The number of hydrogen-bond donors (Lipinski definition) is 3. The van der Waals surface area contributed by atoms with Crippen LogP contribution in [-0.2, 0) is 4.79 Å². The first-order valence-electron chi connectivity index (χ1n) is 14.6. The lowest BCUT2D eigenvalue weighted by atomic mass is 10.0. The Hall–Kier alpha value is -1.39. The molecule has 1 amide bonds. The Kier molecular flexibility index (Phi) is 26.1. The van der Waals surface area contributed by atoms with Crippen molar-refractivity contribution in [3.05, 3.63) is 36.5 Å². The number of nitrogens with one attached hydrogen (secondary N) is 1. The lowest BCUT2D eigenvalue weighted by molar-refractivity contribution is -0.120. The topological polar surface area (TPSA) is 69.6 Å². The van der Waals surface area contributed by atoms with E-state index >= 15 is 0 Å². The number of aliphatic hydroxyl groups is 2. The second-order valence-corrected chi connectivity index (χ2v) is 9.89. The van der Waals surface area contributed by atoms with Crippen molar-refractivity contribution in [1.82, 2.24) is 5.32 Å². The standard InChI is InChI=1S/C31H57NO3/c1-3-4-5-6-7-8-9-10-11-12-13-14-15-16-17-18-19-20-21-22-23-24-25-26-27-31(35)30(28-33)32-29(2)34/h18-19,22-23,26-27,30-31,33,35H,3-17,20-21,24-25,28H2,1-2H3,(H,32,34)/b19-18+,23-22+,27-26+. The van der Waals surface area contributed by atoms with Gasteiger partial charge in [0.2, 0.25) is 5.91 Å². The van der Waals surface area contributed by atoms with E-state index in [0.29, 0.717) is 0 Å². The fourth-order valence-corrected chi connectivity index (χ4v) is 4.18. The predicted octanol–water partition coefficient (Wildman–Crippen LogP) is 7.94. The average molecular weight is 492 g/mol. The van der Waals surface area contributed by atoms with Crippen molar-refractivity contribution >= 4 is 5.91 Å². The highest BCUT2D eigenvalue weighted by atomic mass is 16.3. The van der Waals surface area contributed by atoms with Crippen LogP contribution >= 0.6 is 0 Å². The summed E-state index contributed by atoms with van der Waals surface area (Å²) < 4.78 is 0. The molecule has 4 heteroatoms. The molecule has 2 atom stereocenters. The SMILES string of the molecule is CCCCCCCCCCCCCCCC/C=C/CC/C=C/CC/C=C/C(O)C(CO)NC(C)=O. The molecular weight excluding hydrogens is 434 g/mol. The van der Waals surface area contributed by atoms with Crippen LogP contribution < -0.4 is 5.32 Å². The molecule has 0 heterocycles. The monoisotopic (exact) mass is 491 g/mol. The summed E-state index contributed by atoms with van der Waals surface area (Å²) in [4.78, 5) is 11.0. The zero-order valence-corrected chi connectivity index (χ0v) is 23.1. The van der Waals surface area contributed by atoms with Gasteiger partial charge < -0.3 is 15.5 Å². The van der Waals surface area contributed by atoms with Gasteiger partial charge in [-0.3, -0.25) is 4.79 Å². The molecule has 3 N–H and O–H groups in total. The molecule has 0 aliphatic heterocycles. The largest absolute Gasteiger partial charge is 0.394 e. The van der Waals surface area contributed by atoms with Gasteiger partial charge in [0.05, 0.1) is 18.8 Å². The molecular formula is C31H57NO3. The van der Waals surface area contributed by atoms with Crippen LogP contribution in [0, 0.1) is 0 Å². The molecule has 204 valence electrons. The summed E-state index contributed by atoms with van der Waals surface area (Å²) >= 11 is 0. The van der Waals surface area contributed by atoms with Crippen molar-refractivity contribution in [1.29, 1.82) is 0 Å². The Morgan fingerprint density at radius 2 is 1.06 bits per heavy atom. The van der Waals surface area contributed by atoms with Gasteiger partial charge in [0, 0.05) is 6.92 Å². The van der Waals surface area contributed by atoms with Crippen LogP contribution in [0.4, 0.5) is 0 Å². The highest BCUT2D eigenvalue weighted by Gasteiger charge is 2.15. The lowest BCUT2D eigenvalue weighted by Gasteiger charge is -2.18. The van der Waals surface area contributed by atoms with Gasteiger partial charge in [-0.05, 0) is 38.5 Å². The maximum Gasteiger partial charge on any atom is 0.217 e. The molecule has 0 rings (SSSR count). The highest BCUT2D eigenvalue weighted by Crippen LogP contribution is 2.13. The Labute approximate surface area is 217 Å². The molecule has 0 aliphatic carbocycles. The van der Waals surface area contributed by atoms with E-state index in [1.807, 2.05) is 6.08 Å². The van der Waals surface area contributed by atoms with Crippen LogP contribution in [0.2, 0.25) is 0 Å². The summed E-state index contributed by atoms with van der Waals surface area (Å²) in [5.41, 5.74) is 0. The van der Waals surface area contributed by atoms with Crippen LogP contribution in [0.5, 0.6) is 0 Å². The molecule has 0 aromatic rings. The smallest absolute Gasteiger partial charge is 0.217 e. The Morgan fingerprint density at radius 1 is 0.657 bits per heavy atom. The second-order valence-electron chi connectivity index (χ2n) is 9.89. The first kappa shape index (κ1) is 33.6. The molecule has 0 spiro atoms. The van der Waals surface area contributed by atoms with Gasteiger partial charge in [-0.15, -0.1) is 0 Å². The van der Waals surface area contributed by atoms with E-state index in [-0.39, 0.29) is 12.5 Å². The molecule has 4 nitrogen and oxygen atoms in total. The maximum atomic E-state index is 11.0. The number of hydrogen-bond acceptors (Lipinski definition) is 3. The van der Waals surface area contributed by atoms with Crippen LogP contribution in [0.25, 0.3) is 0 Å². The van der Waals surface area contributed by atoms with Crippen molar-refractivity contribution in [3.8, 4) is 0 Å². The van der Waals surface area contributed by atoms with Gasteiger partial charge in [-0.2, -0.15) is 0 Å².